The lowest BCUT2D eigenvalue weighted by Gasteiger charge is -2.16. The van der Waals surface area contributed by atoms with Gasteiger partial charge in [-0.1, -0.05) is 12.1 Å². The number of nitrogens with zero attached hydrogens (tertiary/aromatic N) is 3. The summed E-state index contributed by atoms with van der Waals surface area (Å²) in [5.74, 6) is 0.294. The molecule has 1 N–H and O–H groups in total. The van der Waals surface area contributed by atoms with Gasteiger partial charge in [-0.15, -0.1) is 0 Å². The van der Waals surface area contributed by atoms with Crippen molar-refractivity contribution >= 4 is 27.8 Å². The van der Waals surface area contributed by atoms with E-state index in [2.05, 4.69) is 9.88 Å². The molecule has 0 aliphatic rings. The molecule has 150 valence electrons. The van der Waals surface area contributed by atoms with Gasteiger partial charge in [0.05, 0.1) is 29.2 Å². The number of aromatic nitrogens is 3. The first kappa shape index (κ1) is 19.1. The van der Waals surface area contributed by atoms with E-state index in [4.69, 9.17) is 9.72 Å². The molecule has 6 nitrogen and oxygen atoms in total. The number of amides is 1. The Morgan fingerprint density at radius 2 is 2.03 bits per heavy atom. The van der Waals surface area contributed by atoms with Gasteiger partial charge in [-0.3, -0.25) is 4.79 Å². The first-order valence-electron chi connectivity index (χ1n) is 9.54. The predicted octanol–water partition coefficient (Wildman–Crippen LogP) is 3.65. The maximum absolute atomic E-state index is 13.6. The number of rotatable bonds is 7. The van der Waals surface area contributed by atoms with Gasteiger partial charge in [0, 0.05) is 19.9 Å². The smallest absolute Gasteiger partial charge is 0.240 e. The number of nitrogens with one attached hydrogen (secondary N) is 1. The Morgan fingerprint density at radius 3 is 2.86 bits per heavy atom. The van der Waals surface area contributed by atoms with Crippen LogP contribution in [0.5, 0.6) is 0 Å². The summed E-state index contributed by atoms with van der Waals surface area (Å²) in [7, 11) is 1.66. The second kappa shape index (κ2) is 8.05. The number of methoxy groups -OCH3 is 1. The number of ether oxygens (including phenoxy) is 1. The van der Waals surface area contributed by atoms with Gasteiger partial charge >= 0.3 is 0 Å². The second-order valence-electron chi connectivity index (χ2n) is 7.04. The molecule has 4 aromatic rings. The molecular formula is C22H23FN4O2. The van der Waals surface area contributed by atoms with Gasteiger partial charge in [-0.05, 0) is 48.7 Å². The number of para-hydroxylation sites is 2. The van der Waals surface area contributed by atoms with Gasteiger partial charge in [-0.25, -0.2) is 9.37 Å². The molecule has 2 aromatic heterocycles. The Balaban J connectivity index is 1.54. The van der Waals surface area contributed by atoms with E-state index >= 15 is 0 Å². The van der Waals surface area contributed by atoms with E-state index in [9.17, 15) is 9.18 Å². The van der Waals surface area contributed by atoms with Crippen LogP contribution in [-0.2, 0) is 22.6 Å². The van der Waals surface area contributed by atoms with Crippen molar-refractivity contribution in [1.82, 2.24) is 19.4 Å². The van der Waals surface area contributed by atoms with Gasteiger partial charge in [0.15, 0.2) is 0 Å². The minimum atomic E-state index is -0.321. The van der Waals surface area contributed by atoms with E-state index in [0.29, 0.717) is 18.7 Å². The average molecular weight is 394 g/mol. The van der Waals surface area contributed by atoms with Crippen molar-refractivity contribution in [2.24, 2.45) is 0 Å². The standard InChI is InChI=1S/C22H23FN4O2/c1-15(22-25-18-5-3-4-6-19(18)27(22)11-12-29-2)24-21(28)14-26-10-9-16-7-8-17(23)13-20(16)26/h3-10,13,15H,11-12,14H2,1-2H3,(H,24,28). The topological polar surface area (TPSA) is 61.1 Å². The van der Waals surface area contributed by atoms with Gasteiger partial charge in [-0.2, -0.15) is 0 Å². The average Bonchev–Trinajstić information content (AvgIpc) is 3.27. The third-order valence-corrected chi connectivity index (χ3v) is 5.02. The van der Waals surface area contributed by atoms with Crippen molar-refractivity contribution in [3.63, 3.8) is 0 Å². The van der Waals surface area contributed by atoms with Crippen LogP contribution in [0, 0.1) is 5.82 Å². The molecule has 0 aliphatic heterocycles. The number of hydrogen-bond donors (Lipinski definition) is 1. The Labute approximate surface area is 167 Å². The normalized spacial score (nSPS) is 12.5. The lowest BCUT2D eigenvalue weighted by molar-refractivity contribution is -0.122. The minimum Gasteiger partial charge on any atom is -0.383 e. The lowest BCUT2D eigenvalue weighted by Crippen LogP contribution is -2.31. The van der Waals surface area contributed by atoms with Gasteiger partial charge in [0.1, 0.15) is 18.2 Å². The fourth-order valence-electron chi connectivity index (χ4n) is 3.64. The summed E-state index contributed by atoms with van der Waals surface area (Å²) in [6, 6.07) is 14.0. The molecule has 0 aliphatic carbocycles. The van der Waals surface area contributed by atoms with Crippen LogP contribution in [0.25, 0.3) is 21.9 Å². The van der Waals surface area contributed by atoms with Crippen LogP contribution in [0.3, 0.4) is 0 Å². The van der Waals surface area contributed by atoms with Crippen LogP contribution in [0.2, 0.25) is 0 Å². The second-order valence-corrected chi connectivity index (χ2v) is 7.04. The Bertz CT molecular complexity index is 1160. The summed E-state index contributed by atoms with van der Waals surface area (Å²) >= 11 is 0. The summed E-state index contributed by atoms with van der Waals surface area (Å²) in [4.78, 5) is 17.4. The van der Waals surface area contributed by atoms with Crippen LogP contribution in [-0.4, -0.2) is 33.7 Å². The first-order valence-corrected chi connectivity index (χ1v) is 9.54. The summed E-state index contributed by atoms with van der Waals surface area (Å²) in [5.41, 5.74) is 2.58. The van der Waals surface area contributed by atoms with Crippen molar-refractivity contribution in [3.05, 3.63) is 66.4 Å². The fourth-order valence-corrected chi connectivity index (χ4v) is 3.64. The molecule has 0 bridgehead atoms. The molecule has 0 radical (unpaired) electrons. The highest BCUT2D eigenvalue weighted by atomic mass is 19.1. The Kier molecular flexibility index (Phi) is 5.31. The van der Waals surface area contributed by atoms with E-state index in [1.54, 1.807) is 23.9 Å². The highest BCUT2D eigenvalue weighted by Crippen LogP contribution is 2.21. The molecule has 1 amide bonds. The first-order chi connectivity index (χ1) is 14.1. The molecule has 29 heavy (non-hydrogen) atoms. The third kappa shape index (κ3) is 3.86. The molecule has 0 saturated heterocycles. The zero-order valence-corrected chi connectivity index (χ0v) is 16.4. The van der Waals surface area contributed by atoms with Crippen LogP contribution < -0.4 is 5.32 Å². The molecule has 4 rings (SSSR count). The van der Waals surface area contributed by atoms with Gasteiger partial charge in [0.25, 0.3) is 0 Å². The SMILES string of the molecule is COCCn1c(C(C)NC(=O)Cn2ccc3ccc(F)cc32)nc2ccccc21. The zero-order chi connectivity index (χ0) is 20.4. The van der Waals surface area contributed by atoms with Crippen LogP contribution in [0.4, 0.5) is 4.39 Å². The number of imidazole rings is 1. The van der Waals surface area contributed by atoms with Crippen LogP contribution in [0.1, 0.15) is 18.8 Å². The van der Waals surface area contributed by atoms with E-state index in [0.717, 1.165) is 22.2 Å². The monoisotopic (exact) mass is 394 g/mol. The lowest BCUT2D eigenvalue weighted by atomic mass is 10.2. The van der Waals surface area contributed by atoms with Crippen molar-refractivity contribution in [2.75, 3.05) is 13.7 Å². The number of benzene rings is 2. The summed E-state index contributed by atoms with van der Waals surface area (Å²) in [6.45, 7) is 3.22. The van der Waals surface area contributed by atoms with Gasteiger partial charge in [0.2, 0.25) is 5.91 Å². The largest absolute Gasteiger partial charge is 0.383 e. The zero-order valence-electron chi connectivity index (χ0n) is 16.4. The van der Waals surface area contributed by atoms with Crippen molar-refractivity contribution in [2.45, 2.75) is 26.1 Å². The molecule has 7 heteroatoms. The highest BCUT2D eigenvalue weighted by Gasteiger charge is 2.18. The van der Waals surface area contributed by atoms with E-state index < -0.39 is 0 Å². The maximum Gasteiger partial charge on any atom is 0.240 e. The number of hydrogen-bond acceptors (Lipinski definition) is 3. The van der Waals surface area contributed by atoms with Gasteiger partial charge < -0.3 is 19.2 Å². The van der Waals surface area contributed by atoms with Crippen LogP contribution in [0.15, 0.2) is 54.7 Å². The maximum atomic E-state index is 13.6. The van der Waals surface area contributed by atoms with Crippen molar-refractivity contribution in [3.8, 4) is 0 Å². The van der Waals surface area contributed by atoms with E-state index in [1.807, 2.05) is 37.3 Å². The molecule has 2 aromatic carbocycles. The van der Waals surface area contributed by atoms with Crippen molar-refractivity contribution in [1.29, 1.82) is 0 Å². The minimum absolute atomic E-state index is 0.107. The molecule has 0 fully saturated rings. The fraction of sp³-hybridized carbons (Fsp3) is 0.273. The predicted molar refractivity (Wildman–Crippen MR) is 110 cm³/mol. The summed E-state index contributed by atoms with van der Waals surface area (Å²) in [5, 5.41) is 3.91. The van der Waals surface area contributed by atoms with Crippen LogP contribution >= 0.6 is 0 Å². The number of halogens is 1. The van der Waals surface area contributed by atoms with E-state index in [-0.39, 0.29) is 24.3 Å². The highest BCUT2D eigenvalue weighted by molar-refractivity contribution is 5.83. The molecular weight excluding hydrogens is 371 g/mol. The molecule has 2 heterocycles. The Hall–Kier alpha value is -3.19. The quantitative estimate of drug-likeness (QED) is 0.520. The third-order valence-electron chi connectivity index (χ3n) is 5.02. The van der Waals surface area contributed by atoms with Crippen molar-refractivity contribution < 1.29 is 13.9 Å². The molecule has 0 spiro atoms. The number of fused-ring (bicyclic) bond motifs is 2. The van der Waals surface area contributed by atoms with E-state index in [1.165, 1.54) is 12.1 Å². The summed E-state index contributed by atoms with van der Waals surface area (Å²) in [6.07, 6.45) is 1.79. The molecule has 0 saturated carbocycles. The number of carbonyl (C=O) groups excluding carboxylic acids is 1. The molecule has 1 atom stereocenters. The Morgan fingerprint density at radius 1 is 1.21 bits per heavy atom. The molecule has 1 unspecified atom stereocenters. The summed E-state index contributed by atoms with van der Waals surface area (Å²) < 4.78 is 22.6. The number of carbonyl (C=O) groups is 1.